The Morgan fingerprint density at radius 3 is 2.47 bits per heavy atom. The summed E-state index contributed by atoms with van der Waals surface area (Å²) in [6.45, 7) is 4.18. The number of fused-ring (bicyclic) bond motifs is 1. The van der Waals surface area contributed by atoms with Gasteiger partial charge in [0, 0.05) is 62.8 Å². The van der Waals surface area contributed by atoms with E-state index in [1.807, 2.05) is 32.9 Å². The van der Waals surface area contributed by atoms with Crippen LogP contribution in [0.3, 0.4) is 0 Å². The van der Waals surface area contributed by atoms with E-state index in [-0.39, 0.29) is 21.9 Å². The second-order valence-corrected chi connectivity index (χ2v) is 12.8. The van der Waals surface area contributed by atoms with E-state index in [0.717, 1.165) is 12.8 Å². The smallest absolute Gasteiger partial charge is 0.320 e. The monoisotopic (exact) mass is 556 g/mol. The van der Waals surface area contributed by atoms with Crippen LogP contribution in [0.15, 0.2) is 58.2 Å². The molecule has 200 valence electrons. The minimum Gasteiger partial charge on any atom is -0.339 e. The number of rotatable bonds is 3. The van der Waals surface area contributed by atoms with Crippen molar-refractivity contribution in [3.63, 3.8) is 0 Å². The molecule has 12 heteroatoms. The van der Waals surface area contributed by atoms with Crippen molar-refractivity contribution < 1.29 is 13.2 Å². The number of halogens is 1. The molecule has 1 atom stereocenters. The lowest BCUT2D eigenvalue weighted by Gasteiger charge is -2.37. The maximum Gasteiger partial charge on any atom is 0.320 e. The molecule has 0 bridgehead atoms. The highest BCUT2D eigenvalue weighted by Gasteiger charge is 2.48. The Kier molecular flexibility index (Phi) is 6.32. The molecule has 3 aliphatic rings. The molecule has 3 saturated heterocycles. The van der Waals surface area contributed by atoms with Gasteiger partial charge in [-0.25, -0.2) is 18.2 Å². The SMILES string of the molecule is O=C(N1CCN(c2nc3ccccc3c(=O)[nH]2)CC1)N1CC[C@]2(CCN(S(=O)(=O)c3cccc(Cl)c3)C2)C1. The van der Waals surface area contributed by atoms with E-state index in [1.54, 1.807) is 24.3 Å². The fourth-order valence-corrected chi connectivity index (χ4v) is 7.70. The molecular formula is C26H29ClN6O4S. The molecular weight excluding hydrogens is 528 g/mol. The number of carbonyl (C=O) groups excluding carboxylic acids is 1. The number of nitrogens with one attached hydrogen (secondary N) is 1. The van der Waals surface area contributed by atoms with Gasteiger partial charge in [-0.05, 0) is 43.2 Å². The van der Waals surface area contributed by atoms with Gasteiger partial charge in [-0.15, -0.1) is 0 Å². The summed E-state index contributed by atoms with van der Waals surface area (Å²) in [5, 5.41) is 0.944. The number of sulfonamides is 1. The van der Waals surface area contributed by atoms with Crippen molar-refractivity contribution in [1.29, 1.82) is 0 Å². The van der Waals surface area contributed by atoms with Gasteiger partial charge in [-0.3, -0.25) is 9.78 Å². The van der Waals surface area contributed by atoms with Crippen molar-refractivity contribution >= 4 is 44.5 Å². The van der Waals surface area contributed by atoms with Crippen molar-refractivity contribution in [1.82, 2.24) is 24.1 Å². The molecule has 3 aromatic rings. The fourth-order valence-electron chi connectivity index (χ4n) is 5.84. The van der Waals surface area contributed by atoms with Gasteiger partial charge in [0.05, 0.1) is 15.8 Å². The number of H-pyrrole nitrogens is 1. The van der Waals surface area contributed by atoms with E-state index in [2.05, 4.69) is 9.97 Å². The molecule has 38 heavy (non-hydrogen) atoms. The number of benzene rings is 2. The number of para-hydroxylation sites is 1. The molecule has 0 saturated carbocycles. The number of amides is 2. The third-order valence-corrected chi connectivity index (χ3v) is 10.1. The lowest BCUT2D eigenvalue weighted by molar-refractivity contribution is 0.153. The Labute approximate surface area is 225 Å². The molecule has 1 spiro atoms. The predicted octanol–water partition coefficient (Wildman–Crippen LogP) is 2.61. The zero-order valence-corrected chi connectivity index (χ0v) is 22.4. The van der Waals surface area contributed by atoms with E-state index in [4.69, 9.17) is 11.6 Å². The standard InChI is InChI=1S/C26H29ClN6O4S/c27-19-4-3-5-20(16-19)38(36,37)33-11-9-26(18-33)8-10-32(17-26)25(35)31-14-12-30(13-15-31)24-28-22-7-2-1-6-21(22)23(34)29-24/h1-7,16H,8-15,17-18H2,(H,28,29,34)/t26-/m0/s1. The molecule has 10 nitrogen and oxygen atoms in total. The maximum atomic E-state index is 13.4. The molecule has 4 heterocycles. The van der Waals surface area contributed by atoms with Crippen molar-refractivity contribution in [2.24, 2.45) is 5.41 Å². The molecule has 2 aromatic carbocycles. The summed E-state index contributed by atoms with van der Waals surface area (Å²) in [6, 6.07) is 13.6. The zero-order chi connectivity index (χ0) is 26.5. The maximum absolute atomic E-state index is 13.4. The summed E-state index contributed by atoms with van der Waals surface area (Å²) in [5.74, 6) is 0.521. The van der Waals surface area contributed by atoms with Crippen molar-refractivity contribution in [3.8, 4) is 0 Å². The molecule has 6 rings (SSSR count). The minimum absolute atomic E-state index is 0.0161. The highest BCUT2D eigenvalue weighted by Crippen LogP contribution is 2.41. The predicted molar refractivity (Wildman–Crippen MR) is 145 cm³/mol. The summed E-state index contributed by atoms with van der Waals surface area (Å²) in [7, 11) is -3.63. The van der Waals surface area contributed by atoms with E-state index in [0.29, 0.717) is 74.2 Å². The average Bonchev–Trinajstić information content (AvgIpc) is 3.55. The number of carbonyl (C=O) groups is 1. The second-order valence-electron chi connectivity index (χ2n) is 10.4. The molecule has 1 N–H and O–H groups in total. The number of hydrogen-bond donors (Lipinski definition) is 1. The summed E-state index contributed by atoms with van der Waals surface area (Å²) < 4.78 is 27.9. The number of hydrogen-bond acceptors (Lipinski definition) is 6. The third kappa shape index (κ3) is 4.52. The first-order valence-corrected chi connectivity index (χ1v) is 14.6. The van der Waals surface area contributed by atoms with Crippen LogP contribution in [0.2, 0.25) is 5.02 Å². The summed E-state index contributed by atoms with van der Waals surface area (Å²) in [5.41, 5.74) is 0.252. The third-order valence-electron chi connectivity index (χ3n) is 8.00. The quantitative estimate of drug-likeness (QED) is 0.531. The van der Waals surface area contributed by atoms with Gasteiger partial charge in [-0.1, -0.05) is 29.8 Å². The van der Waals surface area contributed by atoms with Crippen LogP contribution in [0, 0.1) is 5.41 Å². The van der Waals surface area contributed by atoms with Gasteiger partial charge in [0.15, 0.2) is 0 Å². The Morgan fingerprint density at radius 2 is 1.68 bits per heavy atom. The van der Waals surface area contributed by atoms with Crippen molar-refractivity contribution in [3.05, 3.63) is 63.9 Å². The number of anilines is 1. The van der Waals surface area contributed by atoms with Crippen molar-refractivity contribution in [2.45, 2.75) is 17.7 Å². The number of aromatic nitrogens is 2. The lowest BCUT2D eigenvalue weighted by atomic mass is 9.87. The Balaban J connectivity index is 1.08. The van der Waals surface area contributed by atoms with E-state index in [1.165, 1.54) is 10.4 Å². The molecule has 1 aromatic heterocycles. The topological polar surface area (TPSA) is 110 Å². The molecule has 0 radical (unpaired) electrons. The molecule has 3 fully saturated rings. The van der Waals surface area contributed by atoms with E-state index in [9.17, 15) is 18.0 Å². The highest BCUT2D eigenvalue weighted by molar-refractivity contribution is 7.89. The number of likely N-dealkylation sites (tertiary alicyclic amines) is 1. The lowest BCUT2D eigenvalue weighted by Crippen LogP contribution is -2.53. The van der Waals surface area contributed by atoms with Gasteiger partial charge in [0.25, 0.3) is 5.56 Å². The molecule has 3 aliphatic heterocycles. The van der Waals surface area contributed by atoms with Gasteiger partial charge in [0.2, 0.25) is 16.0 Å². The van der Waals surface area contributed by atoms with Gasteiger partial charge >= 0.3 is 6.03 Å². The van der Waals surface area contributed by atoms with Gasteiger partial charge in [-0.2, -0.15) is 4.31 Å². The molecule has 0 aliphatic carbocycles. The fraction of sp³-hybridized carbons (Fsp3) is 0.423. The number of aromatic amines is 1. The Morgan fingerprint density at radius 1 is 0.921 bits per heavy atom. The van der Waals surface area contributed by atoms with Gasteiger partial charge < -0.3 is 14.7 Å². The first kappa shape index (κ1) is 25.1. The Hall–Kier alpha value is -3.15. The minimum atomic E-state index is -3.63. The highest BCUT2D eigenvalue weighted by atomic mass is 35.5. The van der Waals surface area contributed by atoms with Crippen LogP contribution >= 0.6 is 11.6 Å². The van der Waals surface area contributed by atoms with Crippen molar-refractivity contribution in [2.75, 3.05) is 57.3 Å². The van der Waals surface area contributed by atoms with Crippen LogP contribution in [0.25, 0.3) is 10.9 Å². The second kappa shape index (κ2) is 9.55. The average molecular weight is 557 g/mol. The molecule has 2 amide bonds. The first-order valence-electron chi connectivity index (χ1n) is 12.8. The zero-order valence-electron chi connectivity index (χ0n) is 20.8. The summed E-state index contributed by atoms with van der Waals surface area (Å²) >= 11 is 6.03. The van der Waals surface area contributed by atoms with Crippen LogP contribution < -0.4 is 10.5 Å². The van der Waals surface area contributed by atoms with Crippen LogP contribution in [-0.4, -0.2) is 90.9 Å². The van der Waals surface area contributed by atoms with Crippen LogP contribution in [0.5, 0.6) is 0 Å². The Bertz CT molecular complexity index is 1550. The van der Waals surface area contributed by atoms with Crippen LogP contribution in [0.4, 0.5) is 10.7 Å². The first-order chi connectivity index (χ1) is 18.2. The largest absolute Gasteiger partial charge is 0.339 e. The summed E-state index contributed by atoms with van der Waals surface area (Å²) in [6.07, 6.45) is 1.51. The number of urea groups is 1. The summed E-state index contributed by atoms with van der Waals surface area (Å²) in [4.78, 5) is 39.2. The van der Waals surface area contributed by atoms with E-state index >= 15 is 0 Å². The van der Waals surface area contributed by atoms with Gasteiger partial charge in [0.1, 0.15) is 0 Å². The van der Waals surface area contributed by atoms with E-state index < -0.39 is 10.0 Å². The van der Waals surface area contributed by atoms with Crippen LogP contribution in [-0.2, 0) is 10.0 Å². The van der Waals surface area contributed by atoms with Crippen LogP contribution in [0.1, 0.15) is 12.8 Å². The number of nitrogens with zero attached hydrogens (tertiary/aromatic N) is 5. The number of piperazine rings is 1. The normalized spacial score (nSPS) is 22.6. The molecule has 0 unspecified atom stereocenters.